The summed E-state index contributed by atoms with van der Waals surface area (Å²) in [6.45, 7) is 11.1. The molecule has 1 heterocycles. The molecule has 0 saturated carbocycles. The van der Waals surface area contributed by atoms with Gasteiger partial charge in [0.1, 0.15) is 28.7 Å². The lowest BCUT2D eigenvalue weighted by Crippen LogP contribution is -2.45. The third kappa shape index (κ3) is 5.63. The fraction of sp³-hybridized carbons (Fsp3) is 0.481. The van der Waals surface area contributed by atoms with Crippen molar-refractivity contribution in [3.05, 3.63) is 69.2 Å². The van der Waals surface area contributed by atoms with E-state index in [4.69, 9.17) is 27.9 Å². The van der Waals surface area contributed by atoms with Crippen LogP contribution in [-0.2, 0) is 14.9 Å². The Labute approximate surface area is 215 Å². The fourth-order valence-corrected chi connectivity index (χ4v) is 5.34. The summed E-state index contributed by atoms with van der Waals surface area (Å²) in [6, 6.07) is 9.02. The SMILES string of the molecule is CC(C)(C)CC1NC(C(=O)OC(C)(C)C)C(c2cccc(Cl)c2)C1(C#N)c1c(F)cc(Cl)cc1F. The van der Waals surface area contributed by atoms with Gasteiger partial charge in [0.25, 0.3) is 0 Å². The lowest BCUT2D eigenvalue weighted by atomic mass is 9.62. The van der Waals surface area contributed by atoms with E-state index in [1.807, 2.05) is 20.8 Å². The molecule has 8 heteroatoms. The molecule has 0 radical (unpaired) electrons. The molecular weight excluding hydrogens is 493 g/mol. The van der Waals surface area contributed by atoms with Crippen LogP contribution in [0.2, 0.25) is 10.0 Å². The molecule has 1 fully saturated rings. The molecule has 0 aromatic heterocycles. The molecule has 0 amide bonds. The molecule has 2 aromatic carbocycles. The van der Waals surface area contributed by atoms with Gasteiger partial charge in [0, 0.05) is 27.6 Å². The van der Waals surface area contributed by atoms with Crippen molar-refractivity contribution >= 4 is 29.2 Å². The van der Waals surface area contributed by atoms with Gasteiger partial charge in [-0.3, -0.25) is 10.1 Å². The standard InChI is InChI=1S/C27H30Cl2F2N2O2/c1-25(2,3)13-20-27(14-32,22-18(30)11-17(29)12-19(22)31)21(15-8-7-9-16(28)10-15)23(33-20)24(34)35-26(4,5)6/h7-12,20-21,23,33H,13H2,1-6H3. The number of halogens is 4. The van der Waals surface area contributed by atoms with E-state index in [0.717, 1.165) is 12.1 Å². The average molecular weight is 523 g/mol. The van der Waals surface area contributed by atoms with Crippen LogP contribution in [0.25, 0.3) is 0 Å². The zero-order valence-electron chi connectivity index (χ0n) is 20.7. The summed E-state index contributed by atoms with van der Waals surface area (Å²) in [5, 5.41) is 14.2. The van der Waals surface area contributed by atoms with E-state index in [1.165, 1.54) is 0 Å². The summed E-state index contributed by atoms with van der Waals surface area (Å²) in [6.07, 6.45) is 0.346. The Kier molecular flexibility index (Phi) is 7.58. The molecule has 188 valence electrons. The Hall–Kier alpha value is -2.20. The maximum absolute atomic E-state index is 15.5. The van der Waals surface area contributed by atoms with Crippen LogP contribution in [0.5, 0.6) is 0 Å². The second-order valence-electron chi connectivity index (χ2n) is 11.3. The van der Waals surface area contributed by atoms with Gasteiger partial charge in [-0.2, -0.15) is 5.26 Å². The first-order chi connectivity index (χ1) is 16.1. The van der Waals surface area contributed by atoms with Gasteiger partial charge >= 0.3 is 5.97 Å². The van der Waals surface area contributed by atoms with Gasteiger partial charge in [-0.25, -0.2) is 8.78 Å². The van der Waals surface area contributed by atoms with E-state index in [9.17, 15) is 10.1 Å². The molecule has 4 unspecified atom stereocenters. The summed E-state index contributed by atoms with van der Waals surface area (Å²) in [5.74, 6) is -3.52. The minimum Gasteiger partial charge on any atom is -0.459 e. The Bertz CT molecular complexity index is 1140. The van der Waals surface area contributed by atoms with Crippen molar-refractivity contribution in [1.82, 2.24) is 5.32 Å². The van der Waals surface area contributed by atoms with Crippen LogP contribution in [0.4, 0.5) is 8.78 Å². The van der Waals surface area contributed by atoms with Crippen LogP contribution in [0, 0.1) is 28.4 Å². The minimum absolute atomic E-state index is 0.127. The summed E-state index contributed by atoms with van der Waals surface area (Å²) >= 11 is 12.2. The largest absolute Gasteiger partial charge is 0.459 e. The highest BCUT2D eigenvalue weighted by Crippen LogP contribution is 2.53. The quantitative estimate of drug-likeness (QED) is 0.442. The van der Waals surface area contributed by atoms with Gasteiger partial charge in [0.05, 0.1) is 6.07 Å². The third-order valence-electron chi connectivity index (χ3n) is 6.04. The van der Waals surface area contributed by atoms with Crippen molar-refractivity contribution in [3.63, 3.8) is 0 Å². The smallest absolute Gasteiger partial charge is 0.324 e. The van der Waals surface area contributed by atoms with Crippen molar-refractivity contribution in [2.75, 3.05) is 0 Å². The Morgan fingerprint density at radius 3 is 2.17 bits per heavy atom. The number of hydrogen-bond acceptors (Lipinski definition) is 4. The number of nitrogens with one attached hydrogen (secondary N) is 1. The van der Waals surface area contributed by atoms with Gasteiger partial charge in [-0.15, -0.1) is 0 Å². The average Bonchev–Trinajstić information content (AvgIpc) is 2.99. The molecule has 1 aliphatic heterocycles. The number of benzene rings is 2. The van der Waals surface area contributed by atoms with Crippen LogP contribution in [-0.4, -0.2) is 23.7 Å². The zero-order valence-corrected chi connectivity index (χ0v) is 22.2. The number of nitriles is 1. The highest BCUT2D eigenvalue weighted by molar-refractivity contribution is 6.30. The number of nitrogens with zero attached hydrogens (tertiary/aromatic N) is 1. The molecular formula is C27H30Cl2F2N2O2. The van der Waals surface area contributed by atoms with Crippen molar-refractivity contribution < 1.29 is 18.3 Å². The Morgan fingerprint density at radius 2 is 1.69 bits per heavy atom. The predicted octanol–water partition coefficient (Wildman–Crippen LogP) is 6.94. The summed E-state index contributed by atoms with van der Waals surface area (Å²) < 4.78 is 36.7. The Morgan fingerprint density at radius 1 is 1.09 bits per heavy atom. The molecule has 1 N–H and O–H groups in total. The number of esters is 1. The van der Waals surface area contributed by atoms with Crippen molar-refractivity contribution in [3.8, 4) is 6.07 Å². The van der Waals surface area contributed by atoms with Gasteiger partial charge in [-0.1, -0.05) is 56.1 Å². The van der Waals surface area contributed by atoms with E-state index in [0.29, 0.717) is 17.0 Å². The van der Waals surface area contributed by atoms with Gasteiger partial charge in [-0.05, 0) is 62.4 Å². The highest BCUT2D eigenvalue weighted by Gasteiger charge is 2.62. The molecule has 1 aliphatic rings. The van der Waals surface area contributed by atoms with Crippen LogP contribution in [0.3, 0.4) is 0 Å². The highest BCUT2D eigenvalue weighted by atomic mass is 35.5. The van der Waals surface area contributed by atoms with E-state index >= 15 is 8.78 Å². The van der Waals surface area contributed by atoms with Gasteiger partial charge in [0.2, 0.25) is 0 Å². The molecule has 0 aliphatic carbocycles. The first-order valence-corrected chi connectivity index (χ1v) is 12.2. The van der Waals surface area contributed by atoms with Crippen molar-refractivity contribution in [2.24, 2.45) is 5.41 Å². The third-order valence-corrected chi connectivity index (χ3v) is 6.50. The normalized spacial score (nSPS) is 24.8. The second kappa shape index (κ2) is 9.69. The molecule has 0 bridgehead atoms. The van der Waals surface area contributed by atoms with Crippen LogP contribution < -0.4 is 5.32 Å². The molecule has 4 nitrogen and oxygen atoms in total. The summed E-state index contributed by atoms with van der Waals surface area (Å²) in [4.78, 5) is 13.5. The number of carbonyl (C=O) groups excluding carboxylic acids is 1. The van der Waals surface area contributed by atoms with Crippen molar-refractivity contribution in [2.45, 2.75) is 77.0 Å². The Balaban J connectivity index is 2.37. The molecule has 3 rings (SSSR count). The molecule has 4 atom stereocenters. The zero-order chi connectivity index (χ0) is 26.3. The van der Waals surface area contributed by atoms with Gasteiger partial charge in [0.15, 0.2) is 0 Å². The molecule has 0 spiro atoms. The van der Waals surface area contributed by atoms with Crippen LogP contribution in [0.15, 0.2) is 36.4 Å². The summed E-state index contributed by atoms with van der Waals surface area (Å²) in [7, 11) is 0. The number of hydrogen-bond donors (Lipinski definition) is 1. The first-order valence-electron chi connectivity index (χ1n) is 11.4. The van der Waals surface area contributed by atoms with Gasteiger partial charge < -0.3 is 4.74 Å². The first kappa shape index (κ1) is 27.4. The lowest BCUT2D eigenvalue weighted by Gasteiger charge is -2.37. The maximum Gasteiger partial charge on any atom is 0.324 e. The molecule has 2 aromatic rings. The van der Waals surface area contributed by atoms with E-state index in [1.54, 1.807) is 45.0 Å². The van der Waals surface area contributed by atoms with Crippen molar-refractivity contribution in [1.29, 1.82) is 5.26 Å². The topological polar surface area (TPSA) is 62.1 Å². The lowest BCUT2D eigenvalue weighted by molar-refractivity contribution is -0.157. The fourth-order valence-electron chi connectivity index (χ4n) is 4.95. The minimum atomic E-state index is -1.81. The number of rotatable bonds is 4. The second-order valence-corrected chi connectivity index (χ2v) is 12.1. The molecule has 35 heavy (non-hydrogen) atoms. The van der Waals surface area contributed by atoms with Crippen LogP contribution >= 0.6 is 23.2 Å². The monoisotopic (exact) mass is 522 g/mol. The predicted molar refractivity (Wildman–Crippen MR) is 133 cm³/mol. The molecule has 1 saturated heterocycles. The maximum atomic E-state index is 15.5. The van der Waals surface area contributed by atoms with E-state index in [-0.39, 0.29) is 10.4 Å². The summed E-state index contributed by atoms with van der Waals surface area (Å²) in [5.41, 5.74) is -2.90. The number of ether oxygens (including phenoxy) is 1. The van der Waals surface area contributed by atoms with E-state index in [2.05, 4.69) is 11.4 Å². The number of carbonyl (C=O) groups is 1. The van der Waals surface area contributed by atoms with E-state index < -0.39 is 52.2 Å². The van der Waals surface area contributed by atoms with Crippen LogP contribution in [0.1, 0.15) is 65.0 Å².